The third-order valence-electron chi connectivity index (χ3n) is 3.11. The van der Waals surface area contributed by atoms with E-state index in [4.69, 9.17) is 27.9 Å². The number of aryl methyl sites for hydroxylation is 2. The van der Waals surface area contributed by atoms with Crippen molar-refractivity contribution >= 4 is 35.3 Å². The van der Waals surface area contributed by atoms with E-state index in [0.717, 1.165) is 11.1 Å². The van der Waals surface area contributed by atoms with Gasteiger partial charge in [-0.15, -0.1) is 0 Å². The fourth-order valence-electron chi connectivity index (χ4n) is 1.98. The van der Waals surface area contributed by atoms with Crippen LogP contribution in [0.3, 0.4) is 0 Å². The van der Waals surface area contributed by atoms with Gasteiger partial charge in [-0.2, -0.15) is 5.10 Å². The van der Waals surface area contributed by atoms with Gasteiger partial charge < -0.3 is 4.74 Å². The highest BCUT2D eigenvalue weighted by Crippen LogP contribution is 2.22. The molecule has 2 aromatic rings. The number of amides is 1. The van der Waals surface area contributed by atoms with Gasteiger partial charge in [0.15, 0.2) is 6.61 Å². The van der Waals surface area contributed by atoms with Crippen LogP contribution in [0.15, 0.2) is 41.5 Å². The highest BCUT2D eigenvalue weighted by molar-refractivity contribution is 6.36. The van der Waals surface area contributed by atoms with Gasteiger partial charge in [-0.05, 0) is 37.1 Å². The Kier molecular flexibility index (Phi) is 6.02. The normalized spacial score (nSPS) is 10.8. The van der Waals surface area contributed by atoms with E-state index < -0.39 is 0 Å². The molecule has 120 valence electrons. The number of nitrogens with zero attached hydrogens (tertiary/aromatic N) is 1. The zero-order valence-corrected chi connectivity index (χ0v) is 14.3. The quantitative estimate of drug-likeness (QED) is 0.650. The molecule has 0 unspecified atom stereocenters. The Morgan fingerprint density at radius 3 is 2.57 bits per heavy atom. The van der Waals surface area contributed by atoms with Gasteiger partial charge in [0.05, 0.1) is 11.2 Å². The van der Waals surface area contributed by atoms with Crippen LogP contribution in [-0.2, 0) is 4.79 Å². The standard InChI is InChI=1S/C17H16Cl2N2O2/c1-11-4-3-5-12(2)17(11)23-10-16(22)21-20-9-13-6-7-14(18)8-15(13)19/h3-9H,10H2,1-2H3,(H,21,22)/b20-9+. The summed E-state index contributed by atoms with van der Waals surface area (Å²) in [4.78, 5) is 11.8. The molecule has 6 heteroatoms. The predicted molar refractivity (Wildman–Crippen MR) is 93.6 cm³/mol. The molecule has 0 saturated heterocycles. The third kappa shape index (κ3) is 4.98. The van der Waals surface area contributed by atoms with Crippen LogP contribution in [0.4, 0.5) is 0 Å². The molecule has 0 aliphatic rings. The molecule has 0 spiro atoms. The molecule has 0 bridgehead atoms. The minimum absolute atomic E-state index is 0.114. The van der Waals surface area contributed by atoms with Gasteiger partial charge in [-0.3, -0.25) is 4.79 Å². The lowest BCUT2D eigenvalue weighted by Gasteiger charge is -2.10. The van der Waals surface area contributed by atoms with Gasteiger partial charge in [0.1, 0.15) is 5.75 Å². The fraction of sp³-hybridized carbons (Fsp3) is 0.176. The van der Waals surface area contributed by atoms with Crippen LogP contribution in [0.5, 0.6) is 5.75 Å². The smallest absolute Gasteiger partial charge is 0.277 e. The van der Waals surface area contributed by atoms with Crippen LogP contribution < -0.4 is 10.2 Å². The van der Waals surface area contributed by atoms with Crippen molar-refractivity contribution in [3.63, 3.8) is 0 Å². The number of halogens is 2. The predicted octanol–water partition coefficient (Wildman–Crippen LogP) is 4.14. The molecular formula is C17H16Cl2N2O2. The van der Waals surface area contributed by atoms with Gasteiger partial charge in [0.2, 0.25) is 0 Å². The summed E-state index contributed by atoms with van der Waals surface area (Å²) < 4.78 is 5.54. The Morgan fingerprint density at radius 2 is 1.91 bits per heavy atom. The first-order chi connectivity index (χ1) is 11.0. The highest BCUT2D eigenvalue weighted by Gasteiger charge is 2.06. The Bertz CT molecular complexity index is 725. The first-order valence-electron chi connectivity index (χ1n) is 6.93. The molecule has 0 aliphatic carbocycles. The monoisotopic (exact) mass is 350 g/mol. The second-order valence-electron chi connectivity index (χ2n) is 4.97. The number of hydrogen-bond acceptors (Lipinski definition) is 3. The summed E-state index contributed by atoms with van der Waals surface area (Å²) in [5.74, 6) is 0.362. The van der Waals surface area contributed by atoms with Crippen molar-refractivity contribution in [3.8, 4) is 5.75 Å². The number of nitrogens with one attached hydrogen (secondary N) is 1. The first kappa shape index (κ1) is 17.3. The van der Waals surface area contributed by atoms with Crippen molar-refractivity contribution in [1.29, 1.82) is 0 Å². The van der Waals surface area contributed by atoms with Crippen LogP contribution in [0.1, 0.15) is 16.7 Å². The van der Waals surface area contributed by atoms with Crippen LogP contribution in [0.25, 0.3) is 0 Å². The maximum atomic E-state index is 11.8. The summed E-state index contributed by atoms with van der Waals surface area (Å²) >= 11 is 11.8. The Labute approximate surface area is 145 Å². The average Bonchev–Trinajstić information content (AvgIpc) is 2.49. The molecule has 0 heterocycles. The number of hydrazone groups is 1. The lowest BCUT2D eigenvalue weighted by atomic mass is 10.1. The van der Waals surface area contributed by atoms with Gasteiger partial charge in [0.25, 0.3) is 5.91 Å². The van der Waals surface area contributed by atoms with Crippen LogP contribution in [0, 0.1) is 13.8 Å². The lowest BCUT2D eigenvalue weighted by Crippen LogP contribution is -2.25. The van der Waals surface area contributed by atoms with Crippen molar-refractivity contribution in [2.24, 2.45) is 5.10 Å². The van der Waals surface area contributed by atoms with E-state index in [0.29, 0.717) is 21.4 Å². The lowest BCUT2D eigenvalue weighted by molar-refractivity contribution is -0.123. The zero-order valence-electron chi connectivity index (χ0n) is 12.8. The molecule has 1 amide bonds. The number of rotatable bonds is 5. The van der Waals surface area contributed by atoms with E-state index in [9.17, 15) is 4.79 Å². The summed E-state index contributed by atoms with van der Waals surface area (Å²) in [6.45, 7) is 3.75. The molecule has 0 saturated carbocycles. The van der Waals surface area contributed by atoms with Crippen LogP contribution in [0.2, 0.25) is 10.0 Å². The van der Waals surface area contributed by atoms with E-state index >= 15 is 0 Å². The second kappa shape index (κ2) is 7.99. The maximum Gasteiger partial charge on any atom is 0.277 e. The molecule has 2 aromatic carbocycles. The molecule has 23 heavy (non-hydrogen) atoms. The van der Waals surface area contributed by atoms with Gasteiger partial charge in [0, 0.05) is 10.6 Å². The number of hydrogen-bond donors (Lipinski definition) is 1. The molecule has 0 radical (unpaired) electrons. The van der Waals surface area contributed by atoms with Gasteiger partial charge in [-0.25, -0.2) is 5.43 Å². The Morgan fingerprint density at radius 1 is 1.22 bits per heavy atom. The maximum absolute atomic E-state index is 11.8. The van der Waals surface area contributed by atoms with Gasteiger partial charge >= 0.3 is 0 Å². The SMILES string of the molecule is Cc1cccc(C)c1OCC(=O)N/N=C/c1ccc(Cl)cc1Cl. The summed E-state index contributed by atoms with van der Waals surface area (Å²) in [7, 11) is 0. The summed E-state index contributed by atoms with van der Waals surface area (Å²) in [5, 5.41) is 4.86. The number of para-hydroxylation sites is 1. The molecule has 0 fully saturated rings. The number of carbonyl (C=O) groups excluding carboxylic acids is 1. The molecule has 0 aromatic heterocycles. The van der Waals surface area contributed by atoms with Crippen molar-refractivity contribution < 1.29 is 9.53 Å². The summed E-state index contributed by atoms with van der Waals surface area (Å²) in [5.41, 5.74) is 5.02. The molecule has 1 N–H and O–H groups in total. The molecule has 2 rings (SSSR count). The first-order valence-corrected chi connectivity index (χ1v) is 7.69. The number of ether oxygens (including phenoxy) is 1. The molecule has 0 aliphatic heterocycles. The topological polar surface area (TPSA) is 50.7 Å². The average molecular weight is 351 g/mol. The highest BCUT2D eigenvalue weighted by atomic mass is 35.5. The minimum atomic E-state index is -0.353. The minimum Gasteiger partial charge on any atom is -0.483 e. The van der Waals surface area contributed by atoms with Crippen molar-refractivity contribution in [1.82, 2.24) is 5.43 Å². The van der Waals surface area contributed by atoms with Crippen LogP contribution >= 0.6 is 23.2 Å². The van der Waals surface area contributed by atoms with Crippen molar-refractivity contribution in [2.75, 3.05) is 6.61 Å². The van der Waals surface area contributed by atoms with E-state index in [1.165, 1.54) is 6.21 Å². The fourth-order valence-corrected chi connectivity index (χ4v) is 2.43. The molecular weight excluding hydrogens is 335 g/mol. The summed E-state index contributed by atoms with van der Waals surface area (Å²) in [6.07, 6.45) is 1.45. The van der Waals surface area contributed by atoms with E-state index in [2.05, 4.69) is 10.5 Å². The Hall–Kier alpha value is -2.04. The van der Waals surface area contributed by atoms with E-state index in [-0.39, 0.29) is 12.5 Å². The number of carbonyl (C=O) groups is 1. The largest absolute Gasteiger partial charge is 0.483 e. The van der Waals surface area contributed by atoms with E-state index in [1.54, 1.807) is 18.2 Å². The van der Waals surface area contributed by atoms with Gasteiger partial charge in [-0.1, -0.05) is 47.5 Å². The number of benzene rings is 2. The second-order valence-corrected chi connectivity index (χ2v) is 5.81. The summed E-state index contributed by atoms with van der Waals surface area (Å²) in [6, 6.07) is 10.8. The van der Waals surface area contributed by atoms with Crippen molar-refractivity contribution in [2.45, 2.75) is 13.8 Å². The van der Waals surface area contributed by atoms with Crippen LogP contribution in [-0.4, -0.2) is 18.7 Å². The zero-order chi connectivity index (χ0) is 16.8. The molecule has 0 atom stereocenters. The van der Waals surface area contributed by atoms with Crippen molar-refractivity contribution in [3.05, 3.63) is 63.1 Å². The third-order valence-corrected chi connectivity index (χ3v) is 3.67. The van der Waals surface area contributed by atoms with E-state index in [1.807, 2.05) is 32.0 Å². The molecule has 4 nitrogen and oxygen atoms in total. The Balaban J connectivity index is 1.89.